The zero-order chi connectivity index (χ0) is 18.4. The molecule has 1 atom stereocenters. The van der Waals surface area contributed by atoms with Crippen molar-refractivity contribution in [1.29, 1.82) is 0 Å². The first-order valence-corrected chi connectivity index (χ1v) is 8.89. The Morgan fingerprint density at radius 3 is 3.00 bits per heavy atom. The molecule has 1 aromatic carbocycles. The van der Waals surface area contributed by atoms with Crippen molar-refractivity contribution < 1.29 is 18.4 Å². The molecule has 2 heterocycles. The van der Waals surface area contributed by atoms with Crippen LogP contribution in [0.15, 0.2) is 28.8 Å². The molecule has 2 aromatic rings. The Labute approximate surface area is 151 Å². The summed E-state index contributed by atoms with van der Waals surface area (Å²) < 4.78 is 23.7. The minimum Gasteiger partial charge on any atom is -0.493 e. The first-order chi connectivity index (χ1) is 12.7. The Hall–Kier alpha value is -2.64. The van der Waals surface area contributed by atoms with E-state index in [4.69, 9.17) is 9.26 Å². The standard InChI is InChI=1S/C18H23FN4O3/c1-2-9-20-18(24)23-10-7-13(12-23)17-21-16(22-26-17)8-11-25-15-5-3-14(19)4-6-15/h3-6,13H,2,7-12H2,1H3,(H,20,24). The van der Waals surface area contributed by atoms with Crippen molar-refractivity contribution in [3.05, 3.63) is 41.8 Å². The highest BCUT2D eigenvalue weighted by Gasteiger charge is 2.30. The second-order valence-electron chi connectivity index (χ2n) is 6.26. The van der Waals surface area contributed by atoms with Gasteiger partial charge in [-0.25, -0.2) is 9.18 Å². The minimum absolute atomic E-state index is 0.0400. The number of nitrogens with one attached hydrogen (secondary N) is 1. The molecule has 0 radical (unpaired) electrons. The van der Waals surface area contributed by atoms with Crippen LogP contribution in [-0.4, -0.2) is 47.3 Å². The van der Waals surface area contributed by atoms with Crippen LogP contribution in [0.2, 0.25) is 0 Å². The maximum absolute atomic E-state index is 12.8. The number of hydrogen-bond acceptors (Lipinski definition) is 5. The summed E-state index contributed by atoms with van der Waals surface area (Å²) in [5.41, 5.74) is 0. The number of halogens is 1. The van der Waals surface area contributed by atoms with Gasteiger partial charge in [0.15, 0.2) is 5.82 Å². The SMILES string of the molecule is CCCNC(=O)N1CCC(c2nc(CCOc3ccc(F)cc3)no2)C1. The molecule has 7 nitrogen and oxygen atoms in total. The number of urea groups is 1. The number of rotatable bonds is 7. The van der Waals surface area contributed by atoms with E-state index < -0.39 is 0 Å². The van der Waals surface area contributed by atoms with Gasteiger partial charge in [-0.05, 0) is 37.1 Å². The Balaban J connectivity index is 1.46. The molecule has 8 heteroatoms. The van der Waals surface area contributed by atoms with E-state index in [9.17, 15) is 9.18 Å². The van der Waals surface area contributed by atoms with Crippen molar-refractivity contribution in [2.24, 2.45) is 0 Å². The molecule has 140 valence electrons. The lowest BCUT2D eigenvalue weighted by atomic mass is 10.1. The predicted octanol–water partition coefficient (Wildman–Crippen LogP) is 2.74. The predicted molar refractivity (Wildman–Crippen MR) is 92.5 cm³/mol. The summed E-state index contributed by atoms with van der Waals surface area (Å²) >= 11 is 0. The number of carbonyl (C=O) groups excluding carboxylic acids is 1. The highest BCUT2D eigenvalue weighted by molar-refractivity contribution is 5.74. The number of ether oxygens (including phenoxy) is 1. The minimum atomic E-state index is -0.297. The smallest absolute Gasteiger partial charge is 0.317 e. The molecule has 2 amide bonds. The number of hydrogen-bond donors (Lipinski definition) is 1. The van der Waals surface area contributed by atoms with E-state index in [0.717, 1.165) is 12.8 Å². The van der Waals surface area contributed by atoms with Crippen LogP contribution in [0.25, 0.3) is 0 Å². The molecule has 1 fully saturated rings. The van der Waals surface area contributed by atoms with E-state index in [0.29, 0.717) is 50.1 Å². The normalized spacial score (nSPS) is 16.7. The number of benzene rings is 1. The van der Waals surface area contributed by atoms with Gasteiger partial charge in [0.25, 0.3) is 0 Å². The maximum atomic E-state index is 12.8. The van der Waals surface area contributed by atoms with Gasteiger partial charge in [-0.2, -0.15) is 4.98 Å². The van der Waals surface area contributed by atoms with Crippen molar-refractivity contribution >= 4 is 6.03 Å². The van der Waals surface area contributed by atoms with Gasteiger partial charge < -0.3 is 19.5 Å². The van der Waals surface area contributed by atoms with Crippen LogP contribution >= 0.6 is 0 Å². The van der Waals surface area contributed by atoms with Crippen LogP contribution in [0, 0.1) is 5.82 Å². The summed E-state index contributed by atoms with van der Waals surface area (Å²) in [6.07, 6.45) is 2.22. The van der Waals surface area contributed by atoms with Gasteiger partial charge in [0, 0.05) is 26.1 Å². The summed E-state index contributed by atoms with van der Waals surface area (Å²) in [5, 5.41) is 6.86. The van der Waals surface area contributed by atoms with E-state index >= 15 is 0 Å². The first-order valence-electron chi connectivity index (χ1n) is 8.89. The monoisotopic (exact) mass is 362 g/mol. The fraction of sp³-hybridized carbons (Fsp3) is 0.500. The summed E-state index contributed by atoms with van der Waals surface area (Å²) in [6, 6.07) is 5.82. The molecule has 0 bridgehead atoms. The highest BCUT2D eigenvalue weighted by atomic mass is 19.1. The van der Waals surface area contributed by atoms with Crippen LogP contribution in [-0.2, 0) is 6.42 Å². The molecule has 26 heavy (non-hydrogen) atoms. The molecule has 0 aliphatic carbocycles. The molecule has 1 saturated heterocycles. The van der Waals surface area contributed by atoms with E-state index in [1.165, 1.54) is 12.1 Å². The molecule has 1 aliphatic heterocycles. The van der Waals surface area contributed by atoms with Crippen molar-refractivity contribution in [3.8, 4) is 5.75 Å². The van der Waals surface area contributed by atoms with Crippen molar-refractivity contribution in [1.82, 2.24) is 20.4 Å². The van der Waals surface area contributed by atoms with E-state index in [-0.39, 0.29) is 17.8 Å². The molecule has 1 N–H and O–H groups in total. The Bertz CT molecular complexity index is 719. The Morgan fingerprint density at radius 1 is 1.42 bits per heavy atom. The second kappa shape index (κ2) is 8.64. The average Bonchev–Trinajstić information content (AvgIpc) is 3.30. The van der Waals surface area contributed by atoms with E-state index in [2.05, 4.69) is 15.5 Å². The molecule has 3 rings (SSSR count). The van der Waals surface area contributed by atoms with Crippen LogP contribution in [0.5, 0.6) is 5.75 Å². The van der Waals surface area contributed by atoms with Gasteiger partial charge in [-0.3, -0.25) is 0 Å². The average molecular weight is 362 g/mol. The van der Waals surface area contributed by atoms with E-state index in [1.54, 1.807) is 17.0 Å². The first kappa shape index (κ1) is 18.2. The van der Waals surface area contributed by atoms with Crippen LogP contribution in [0.4, 0.5) is 9.18 Å². The quantitative estimate of drug-likeness (QED) is 0.819. The third kappa shape index (κ3) is 4.71. The molecule has 0 saturated carbocycles. The lowest BCUT2D eigenvalue weighted by Gasteiger charge is -2.16. The summed E-state index contributed by atoms with van der Waals surface area (Å²) in [7, 11) is 0. The molecular weight excluding hydrogens is 339 g/mol. The molecule has 1 aromatic heterocycles. The number of likely N-dealkylation sites (tertiary alicyclic amines) is 1. The topological polar surface area (TPSA) is 80.5 Å². The molecule has 0 spiro atoms. The fourth-order valence-electron chi connectivity index (χ4n) is 2.82. The van der Waals surface area contributed by atoms with Crippen molar-refractivity contribution in [2.75, 3.05) is 26.2 Å². The number of carbonyl (C=O) groups is 1. The van der Waals surface area contributed by atoms with Gasteiger partial charge in [-0.1, -0.05) is 12.1 Å². The Morgan fingerprint density at radius 2 is 2.23 bits per heavy atom. The van der Waals surface area contributed by atoms with Crippen molar-refractivity contribution in [2.45, 2.75) is 32.1 Å². The summed E-state index contributed by atoms with van der Waals surface area (Å²) in [5.74, 6) is 1.50. The molecule has 1 aliphatic rings. The van der Waals surface area contributed by atoms with Gasteiger partial charge in [0.1, 0.15) is 11.6 Å². The molecule has 1 unspecified atom stereocenters. The zero-order valence-corrected chi connectivity index (χ0v) is 14.8. The largest absolute Gasteiger partial charge is 0.493 e. The maximum Gasteiger partial charge on any atom is 0.317 e. The third-order valence-corrected chi connectivity index (χ3v) is 4.24. The fourth-order valence-corrected chi connectivity index (χ4v) is 2.82. The van der Waals surface area contributed by atoms with Crippen LogP contribution < -0.4 is 10.1 Å². The van der Waals surface area contributed by atoms with Crippen LogP contribution in [0.1, 0.15) is 37.4 Å². The van der Waals surface area contributed by atoms with Gasteiger partial charge in [0.05, 0.1) is 12.5 Å². The van der Waals surface area contributed by atoms with Gasteiger partial charge in [-0.15, -0.1) is 0 Å². The van der Waals surface area contributed by atoms with Gasteiger partial charge in [0.2, 0.25) is 5.89 Å². The summed E-state index contributed by atoms with van der Waals surface area (Å²) in [4.78, 5) is 18.2. The second-order valence-corrected chi connectivity index (χ2v) is 6.26. The zero-order valence-electron chi connectivity index (χ0n) is 14.8. The van der Waals surface area contributed by atoms with E-state index in [1.807, 2.05) is 6.92 Å². The number of amides is 2. The molecular formula is C18H23FN4O3. The lowest BCUT2D eigenvalue weighted by molar-refractivity contribution is 0.207. The number of aromatic nitrogens is 2. The van der Waals surface area contributed by atoms with Crippen LogP contribution in [0.3, 0.4) is 0 Å². The number of nitrogens with zero attached hydrogens (tertiary/aromatic N) is 3. The highest BCUT2D eigenvalue weighted by Crippen LogP contribution is 2.26. The van der Waals surface area contributed by atoms with Gasteiger partial charge >= 0.3 is 6.03 Å². The summed E-state index contributed by atoms with van der Waals surface area (Å²) in [6.45, 7) is 4.35. The lowest BCUT2D eigenvalue weighted by Crippen LogP contribution is -2.38. The third-order valence-electron chi connectivity index (χ3n) is 4.24. The Kier molecular flexibility index (Phi) is 6.04. The van der Waals surface area contributed by atoms with Crippen molar-refractivity contribution in [3.63, 3.8) is 0 Å².